The summed E-state index contributed by atoms with van der Waals surface area (Å²) in [6.07, 6.45) is 5.42. The largest absolute Gasteiger partial charge is 0.292 e. The molecular weight excluding hydrogens is 270 g/mol. The van der Waals surface area contributed by atoms with Crippen molar-refractivity contribution in [2.75, 3.05) is 0 Å². The third kappa shape index (κ3) is 2.48. The summed E-state index contributed by atoms with van der Waals surface area (Å²) >= 11 is 6.03. The van der Waals surface area contributed by atoms with Gasteiger partial charge in [-0.15, -0.1) is 0 Å². The molecule has 2 nitrogen and oxygen atoms in total. The first kappa shape index (κ1) is 13.3. The minimum absolute atomic E-state index is 0.171. The molecule has 3 heteroatoms. The van der Waals surface area contributed by atoms with E-state index in [1.54, 1.807) is 12.3 Å². The Balaban J connectivity index is 1.86. The normalized spacial score (nSPS) is 16.4. The zero-order chi connectivity index (χ0) is 14.0. The van der Waals surface area contributed by atoms with Crippen LogP contribution in [-0.2, 0) is 6.42 Å². The number of carbonyl (C=O) groups excluding carboxylic acids is 1. The molecule has 0 bridgehead atoms. The molecule has 0 N–H and O–H groups in total. The van der Waals surface area contributed by atoms with Gasteiger partial charge in [-0.3, -0.25) is 9.78 Å². The fourth-order valence-corrected chi connectivity index (χ4v) is 3.11. The van der Waals surface area contributed by atoms with E-state index in [1.165, 1.54) is 0 Å². The number of hydrogen-bond donors (Lipinski definition) is 0. The number of halogens is 1. The Morgan fingerprint density at radius 2 is 2.05 bits per heavy atom. The number of rotatable bonds is 4. The van der Waals surface area contributed by atoms with Crippen LogP contribution in [0.4, 0.5) is 0 Å². The van der Waals surface area contributed by atoms with Crippen molar-refractivity contribution in [2.45, 2.75) is 25.7 Å². The minimum Gasteiger partial charge on any atom is -0.292 e. The van der Waals surface area contributed by atoms with Crippen LogP contribution in [0.3, 0.4) is 0 Å². The van der Waals surface area contributed by atoms with Gasteiger partial charge < -0.3 is 0 Å². The summed E-state index contributed by atoms with van der Waals surface area (Å²) in [5, 5.41) is 0.724. The third-order valence-electron chi connectivity index (χ3n) is 4.12. The number of nitrogens with zero attached hydrogens (tertiary/aromatic N) is 1. The van der Waals surface area contributed by atoms with Crippen LogP contribution in [0.15, 0.2) is 48.7 Å². The maximum atomic E-state index is 12.7. The van der Waals surface area contributed by atoms with Crippen molar-refractivity contribution < 1.29 is 4.79 Å². The molecule has 1 aromatic carbocycles. The summed E-state index contributed by atoms with van der Waals surface area (Å²) in [5.74, 6) is 0.171. The van der Waals surface area contributed by atoms with Gasteiger partial charge in [-0.25, -0.2) is 0 Å². The number of pyridine rings is 1. The average Bonchev–Trinajstić information content (AvgIpc) is 2.43. The van der Waals surface area contributed by atoms with Gasteiger partial charge >= 0.3 is 0 Å². The Kier molecular flexibility index (Phi) is 3.58. The summed E-state index contributed by atoms with van der Waals surface area (Å²) in [4.78, 5) is 17.0. The van der Waals surface area contributed by atoms with E-state index >= 15 is 0 Å². The average molecular weight is 286 g/mol. The predicted octanol–water partition coefficient (Wildman–Crippen LogP) is 4.33. The van der Waals surface area contributed by atoms with E-state index in [9.17, 15) is 4.79 Å². The second-order valence-corrected chi connectivity index (χ2v) is 5.92. The number of hydrogen-bond acceptors (Lipinski definition) is 2. The fraction of sp³-hybridized carbons (Fsp3) is 0.294. The van der Waals surface area contributed by atoms with E-state index in [1.807, 2.05) is 36.4 Å². The second kappa shape index (κ2) is 5.37. The summed E-state index contributed by atoms with van der Waals surface area (Å²) < 4.78 is 0. The number of carbonyl (C=O) groups is 1. The van der Waals surface area contributed by atoms with E-state index in [0.717, 1.165) is 36.3 Å². The van der Waals surface area contributed by atoms with Gasteiger partial charge in [0.25, 0.3) is 0 Å². The Labute approximate surface area is 123 Å². The van der Waals surface area contributed by atoms with Gasteiger partial charge in [-0.05, 0) is 49.1 Å². The van der Waals surface area contributed by atoms with E-state index in [2.05, 4.69) is 4.98 Å². The van der Waals surface area contributed by atoms with Crippen molar-refractivity contribution in [3.63, 3.8) is 0 Å². The van der Waals surface area contributed by atoms with Crippen LogP contribution >= 0.6 is 11.6 Å². The van der Waals surface area contributed by atoms with Gasteiger partial charge in [-0.2, -0.15) is 0 Å². The molecule has 0 saturated heterocycles. The lowest BCUT2D eigenvalue weighted by Crippen LogP contribution is -2.40. The molecule has 1 saturated carbocycles. The molecule has 3 rings (SSSR count). The second-order valence-electron chi connectivity index (χ2n) is 5.48. The Morgan fingerprint density at radius 3 is 2.65 bits per heavy atom. The molecule has 0 spiro atoms. The maximum Gasteiger partial charge on any atom is 0.187 e. The highest BCUT2D eigenvalue weighted by atomic mass is 35.5. The molecule has 0 atom stereocenters. The molecule has 1 aliphatic carbocycles. The van der Waals surface area contributed by atoms with Crippen molar-refractivity contribution in [1.29, 1.82) is 0 Å². The molecule has 1 aromatic heterocycles. The fourth-order valence-electron chi connectivity index (χ4n) is 2.89. The van der Waals surface area contributed by atoms with E-state index in [0.29, 0.717) is 5.69 Å². The van der Waals surface area contributed by atoms with Gasteiger partial charge in [0, 0.05) is 16.6 Å². The van der Waals surface area contributed by atoms with Crippen molar-refractivity contribution >= 4 is 17.4 Å². The zero-order valence-corrected chi connectivity index (χ0v) is 11.9. The maximum absolute atomic E-state index is 12.7. The lowest BCUT2D eigenvalue weighted by molar-refractivity contribution is 0.0604. The first-order chi connectivity index (χ1) is 9.70. The highest BCUT2D eigenvalue weighted by Gasteiger charge is 2.44. The highest BCUT2D eigenvalue weighted by molar-refractivity contribution is 6.30. The topological polar surface area (TPSA) is 30.0 Å². The van der Waals surface area contributed by atoms with Crippen molar-refractivity contribution in [2.24, 2.45) is 5.41 Å². The van der Waals surface area contributed by atoms with Crippen molar-refractivity contribution in [1.82, 2.24) is 4.98 Å². The van der Waals surface area contributed by atoms with Gasteiger partial charge in [0.2, 0.25) is 0 Å². The SMILES string of the molecule is O=C(c1ccccn1)C1(Cc2cccc(Cl)c2)CCC1. The zero-order valence-electron chi connectivity index (χ0n) is 11.2. The van der Waals surface area contributed by atoms with Crippen LogP contribution in [0, 0.1) is 5.41 Å². The highest BCUT2D eigenvalue weighted by Crippen LogP contribution is 2.46. The standard InChI is InChI=1S/C17H16ClNO/c18-14-6-3-5-13(11-14)12-17(8-4-9-17)16(20)15-7-1-2-10-19-15/h1-3,5-7,10-11H,4,8-9,12H2. The lowest BCUT2D eigenvalue weighted by atomic mass is 9.62. The Morgan fingerprint density at radius 1 is 1.20 bits per heavy atom. The van der Waals surface area contributed by atoms with Crippen LogP contribution in [0.1, 0.15) is 35.3 Å². The minimum atomic E-state index is -0.279. The van der Waals surface area contributed by atoms with Crippen molar-refractivity contribution in [3.8, 4) is 0 Å². The predicted molar refractivity (Wildman–Crippen MR) is 80.0 cm³/mol. The number of ketones is 1. The number of aromatic nitrogens is 1. The van der Waals surface area contributed by atoms with E-state index in [-0.39, 0.29) is 11.2 Å². The summed E-state index contributed by atoms with van der Waals surface area (Å²) in [6.45, 7) is 0. The molecule has 0 radical (unpaired) electrons. The summed E-state index contributed by atoms with van der Waals surface area (Å²) in [6, 6.07) is 13.3. The van der Waals surface area contributed by atoms with Gasteiger partial charge in [0.1, 0.15) is 5.69 Å². The molecule has 0 unspecified atom stereocenters. The molecule has 1 fully saturated rings. The summed E-state index contributed by atoms with van der Waals surface area (Å²) in [7, 11) is 0. The number of Topliss-reactive ketones (excluding diaryl/α,β-unsaturated/α-hetero) is 1. The van der Waals surface area contributed by atoms with Gasteiger partial charge in [0.05, 0.1) is 0 Å². The van der Waals surface area contributed by atoms with Crippen LogP contribution in [0.25, 0.3) is 0 Å². The molecule has 2 aromatic rings. The first-order valence-electron chi connectivity index (χ1n) is 6.90. The Bertz CT molecular complexity index is 620. The monoisotopic (exact) mass is 285 g/mol. The first-order valence-corrected chi connectivity index (χ1v) is 7.28. The van der Waals surface area contributed by atoms with E-state index in [4.69, 9.17) is 11.6 Å². The summed E-state index contributed by atoms with van der Waals surface area (Å²) in [5.41, 5.74) is 1.43. The van der Waals surface area contributed by atoms with Gasteiger partial charge in [-0.1, -0.05) is 36.2 Å². The molecule has 0 amide bonds. The Hall–Kier alpha value is -1.67. The van der Waals surface area contributed by atoms with Crippen LogP contribution in [0.5, 0.6) is 0 Å². The van der Waals surface area contributed by atoms with Gasteiger partial charge in [0.15, 0.2) is 5.78 Å². The molecule has 1 heterocycles. The molecule has 102 valence electrons. The third-order valence-corrected chi connectivity index (χ3v) is 4.36. The smallest absolute Gasteiger partial charge is 0.187 e. The van der Waals surface area contributed by atoms with Crippen LogP contribution in [0.2, 0.25) is 5.02 Å². The molecule has 0 aliphatic heterocycles. The van der Waals surface area contributed by atoms with Crippen LogP contribution in [-0.4, -0.2) is 10.8 Å². The molecular formula is C17H16ClNO. The quantitative estimate of drug-likeness (QED) is 0.783. The number of benzene rings is 1. The van der Waals surface area contributed by atoms with E-state index < -0.39 is 0 Å². The van der Waals surface area contributed by atoms with Crippen LogP contribution < -0.4 is 0 Å². The van der Waals surface area contributed by atoms with Crippen molar-refractivity contribution in [3.05, 3.63) is 64.9 Å². The molecule has 20 heavy (non-hydrogen) atoms. The molecule has 1 aliphatic rings. The lowest BCUT2D eigenvalue weighted by Gasteiger charge is -2.40.